The average Bonchev–Trinajstić information content (AvgIpc) is 2.50. The zero-order valence-electron chi connectivity index (χ0n) is 12.0. The molecule has 0 aliphatic carbocycles. The molecule has 1 aliphatic rings. The monoisotopic (exact) mass is 342 g/mol. The second-order valence-corrected chi connectivity index (χ2v) is 5.80. The lowest BCUT2D eigenvalue weighted by Gasteiger charge is -2.26. The molecule has 1 aromatic carbocycles. The Kier molecular flexibility index (Phi) is 6.79. The number of rotatable bonds is 7. The summed E-state index contributed by atoms with van der Waals surface area (Å²) in [5, 5.41) is 3.49. The Balaban J connectivity index is 1.65. The molecule has 0 radical (unpaired) electrons. The van der Waals surface area contributed by atoms with Crippen molar-refractivity contribution in [2.75, 3.05) is 46.5 Å². The number of halogens is 1. The number of methoxy groups -OCH3 is 1. The van der Waals surface area contributed by atoms with Gasteiger partial charge in [-0.2, -0.15) is 0 Å². The van der Waals surface area contributed by atoms with Crippen molar-refractivity contribution in [2.45, 2.75) is 13.0 Å². The smallest absolute Gasteiger partial charge is 0.119 e. The Labute approximate surface area is 129 Å². The molecule has 0 saturated carbocycles. The number of benzene rings is 1. The van der Waals surface area contributed by atoms with Crippen LogP contribution in [0.5, 0.6) is 5.75 Å². The van der Waals surface area contributed by atoms with Gasteiger partial charge in [-0.25, -0.2) is 0 Å². The summed E-state index contributed by atoms with van der Waals surface area (Å²) < 4.78 is 11.7. The highest BCUT2D eigenvalue weighted by Gasteiger charge is 2.09. The third-order valence-corrected chi connectivity index (χ3v) is 4.27. The summed E-state index contributed by atoms with van der Waals surface area (Å²) in [7, 11) is 1.70. The van der Waals surface area contributed by atoms with Crippen LogP contribution in [0.25, 0.3) is 0 Å². The van der Waals surface area contributed by atoms with E-state index in [2.05, 4.69) is 32.2 Å². The molecule has 112 valence electrons. The van der Waals surface area contributed by atoms with Gasteiger partial charge in [0.05, 0.1) is 20.3 Å². The van der Waals surface area contributed by atoms with Crippen LogP contribution in [0.15, 0.2) is 22.7 Å². The lowest BCUT2D eigenvalue weighted by Crippen LogP contribution is -2.37. The Morgan fingerprint density at radius 1 is 1.35 bits per heavy atom. The summed E-state index contributed by atoms with van der Waals surface area (Å²) in [4.78, 5) is 2.46. The molecule has 20 heavy (non-hydrogen) atoms. The first kappa shape index (κ1) is 15.8. The van der Waals surface area contributed by atoms with Gasteiger partial charge in [-0.1, -0.05) is 15.9 Å². The molecule has 0 aromatic heterocycles. The Morgan fingerprint density at radius 3 is 2.90 bits per heavy atom. The largest absolute Gasteiger partial charge is 0.497 e. The van der Waals surface area contributed by atoms with Crippen LogP contribution in [0.3, 0.4) is 0 Å². The number of nitrogens with one attached hydrogen (secondary N) is 1. The maximum atomic E-state index is 5.35. The standard InChI is InChI=1S/C15H23BrN2O2/c1-19-14-3-4-15(16)13(11-14)12-17-5-2-6-18-7-9-20-10-8-18/h3-4,11,17H,2,5-10,12H2,1H3. The number of nitrogens with zero attached hydrogens (tertiary/aromatic N) is 1. The van der Waals surface area contributed by atoms with Crippen molar-refractivity contribution >= 4 is 15.9 Å². The van der Waals surface area contributed by atoms with E-state index in [9.17, 15) is 0 Å². The van der Waals surface area contributed by atoms with Crippen LogP contribution in [0.4, 0.5) is 0 Å². The summed E-state index contributed by atoms with van der Waals surface area (Å²) >= 11 is 3.57. The first-order valence-corrected chi connectivity index (χ1v) is 7.92. The second kappa shape index (κ2) is 8.62. The molecule has 4 nitrogen and oxygen atoms in total. The van der Waals surface area contributed by atoms with Crippen molar-refractivity contribution in [2.24, 2.45) is 0 Å². The topological polar surface area (TPSA) is 33.7 Å². The van der Waals surface area contributed by atoms with Crippen LogP contribution in [0, 0.1) is 0 Å². The molecular formula is C15H23BrN2O2. The fraction of sp³-hybridized carbons (Fsp3) is 0.600. The van der Waals surface area contributed by atoms with E-state index in [0.717, 1.165) is 56.2 Å². The van der Waals surface area contributed by atoms with Crippen molar-refractivity contribution in [1.82, 2.24) is 10.2 Å². The van der Waals surface area contributed by atoms with Crippen molar-refractivity contribution in [1.29, 1.82) is 0 Å². The van der Waals surface area contributed by atoms with Gasteiger partial charge in [0.1, 0.15) is 5.75 Å². The van der Waals surface area contributed by atoms with Gasteiger partial charge in [-0.15, -0.1) is 0 Å². The zero-order chi connectivity index (χ0) is 14.2. The van der Waals surface area contributed by atoms with E-state index in [-0.39, 0.29) is 0 Å². The van der Waals surface area contributed by atoms with E-state index >= 15 is 0 Å². The van der Waals surface area contributed by atoms with Gasteiger partial charge < -0.3 is 14.8 Å². The fourth-order valence-corrected chi connectivity index (χ4v) is 2.68. The van der Waals surface area contributed by atoms with Gasteiger partial charge in [0.25, 0.3) is 0 Å². The summed E-state index contributed by atoms with van der Waals surface area (Å²) in [6.45, 7) is 6.94. The molecule has 1 aliphatic heterocycles. The molecule has 1 heterocycles. The Bertz CT molecular complexity index is 409. The van der Waals surface area contributed by atoms with Crippen LogP contribution in [-0.4, -0.2) is 51.4 Å². The van der Waals surface area contributed by atoms with Crippen molar-refractivity contribution in [3.8, 4) is 5.75 Å². The van der Waals surface area contributed by atoms with E-state index in [1.807, 2.05) is 12.1 Å². The summed E-state index contributed by atoms with van der Waals surface area (Å²) in [6.07, 6.45) is 1.17. The van der Waals surface area contributed by atoms with E-state index in [1.165, 1.54) is 12.0 Å². The molecule has 1 saturated heterocycles. The van der Waals surface area contributed by atoms with Gasteiger partial charge in [-0.05, 0) is 43.3 Å². The molecular weight excluding hydrogens is 320 g/mol. The maximum absolute atomic E-state index is 5.35. The summed E-state index contributed by atoms with van der Waals surface area (Å²) in [5.41, 5.74) is 1.23. The predicted octanol–water partition coefficient (Wildman–Crippen LogP) is 2.27. The minimum atomic E-state index is 0.862. The van der Waals surface area contributed by atoms with Gasteiger partial charge in [0.2, 0.25) is 0 Å². The van der Waals surface area contributed by atoms with Gasteiger partial charge in [-0.3, -0.25) is 4.90 Å². The van der Waals surface area contributed by atoms with Gasteiger partial charge in [0, 0.05) is 24.1 Å². The quantitative estimate of drug-likeness (QED) is 0.770. The van der Waals surface area contributed by atoms with Crippen LogP contribution < -0.4 is 10.1 Å². The molecule has 0 amide bonds. The highest BCUT2D eigenvalue weighted by molar-refractivity contribution is 9.10. The van der Waals surface area contributed by atoms with E-state index in [0.29, 0.717) is 0 Å². The molecule has 1 fully saturated rings. The second-order valence-electron chi connectivity index (χ2n) is 4.94. The minimum Gasteiger partial charge on any atom is -0.497 e. The summed E-state index contributed by atoms with van der Waals surface area (Å²) in [5.74, 6) is 0.901. The van der Waals surface area contributed by atoms with E-state index < -0.39 is 0 Å². The van der Waals surface area contributed by atoms with Crippen molar-refractivity contribution in [3.05, 3.63) is 28.2 Å². The van der Waals surface area contributed by atoms with E-state index in [4.69, 9.17) is 9.47 Å². The Morgan fingerprint density at radius 2 is 2.15 bits per heavy atom. The fourth-order valence-electron chi connectivity index (χ4n) is 2.29. The first-order chi connectivity index (χ1) is 9.79. The van der Waals surface area contributed by atoms with E-state index in [1.54, 1.807) is 7.11 Å². The van der Waals surface area contributed by atoms with Crippen molar-refractivity contribution < 1.29 is 9.47 Å². The van der Waals surface area contributed by atoms with Gasteiger partial charge >= 0.3 is 0 Å². The molecule has 1 N–H and O–H groups in total. The highest BCUT2D eigenvalue weighted by atomic mass is 79.9. The molecule has 2 rings (SSSR count). The number of hydrogen-bond acceptors (Lipinski definition) is 4. The molecule has 1 aromatic rings. The summed E-state index contributed by atoms with van der Waals surface area (Å²) in [6, 6.07) is 6.06. The maximum Gasteiger partial charge on any atom is 0.119 e. The molecule has 0 atom stereocenters. The van der Waals surface area contributed by atoms with Crippen LogP contribution in [-0.2, 0) is 11.3 Å². The number of ether oxygens (including phenoxy) is 2. The average molecular weight is 343 g/mol. The first-order valence-electron chi connectivity index (χ1n) is 7.13. The lowest BCUT2D eigenvalue weighted by atomic mass is 10.2. The van der Waals surface area contributed by atoms with Crippen LogP contribution in [0.2, 0.25) is 0 Å². The van der Waals surface area contributed by atoms with Crippen LogP contribution >= 0.6 is 15.9 Å². The molecule has 0 bridgehead atoms. The molecule has 0 spiro atoms. The van der Waals surface area contributed by atoms with Crippen LogP contribution in [0.1, 0.15) is 12.0 Å². The third-order valence-electron chi connectivity index (χ3n) is 3.50. The van der Waals surface area contributed by atoms with Crippen molar-refractivity contribution in [3.63, 3.8) is 0 Å². The normalized spacial score (nSPS) is 16.3. The number of morpholine rings is 1. The molecule has 5 heteroatoms. The lowest BCUT2D eigenvalue weighted by molar-refractivity contribution is 0.0374. The third kappa shape index (κ3) is 5.05. The SMILES string of the molecule is COc1ccc(Br)c(CNCCCN2CCOCC2)c1. The minimum absolute atomic E-state index is 0.862. The zero-order valence-corrected chi connectivity index (χ0v) is 13.6. The van der Waals surface area contributed by atoms with Gasteiger partial charge in [0.15, 0.2) is 0 Å². The number of hydrogen-bond donors (Lipinski definition) is 1. The Hall–Kier alpha value is -0.620. The predicted molar refractivity (Wildman–Crippen MR) is 84.3 cm³/mol. The molecule has 0 unspecified atom stereocenters. The highest BCUT2D eigenvalue weighted by Crippen LogP contribution is 2.22.